The zero-order chi connectivity index (χ0) is 18.5. The maximum Gasteiger partial charge on any atom is 0.357 e. The van der Waals surface area contributed by atoms with Gasteiger partial charge in [0.1, 0.15) is 5.69 Å². The number of esters is 1. The van der Waals surface area contributed by atoms with Crippen LogP contribution in [0.2, 0.25) is 0 Å². The van der Waals surface area contributed by atoms with E-state index in [2.05, 4.69) is 10.3 Å². The Morgan fingerprint density at radius 3 is 2.46 bits per heavy atom. The number of anilines is 2. The van der Waals surface area contributed by atoms with Gasteiger partial charge in [0.05, 0.1) is 5.52 Å². The van der Waals surface area contributed by atoms with Gasteiger partial charge in [-0.05, 0) is 36.4 Å². The highest BCUT2D eigenvalue weighted by Crippen LogP contribution is 2.16. The Labute approximate surface area is 151 Å². The number of hydrogen-bond donors (Lipinski definition) is 1. The lowest BCUT2D eigenvalue weighted by Gasteiger charge is -2.13. The molecule has 2 aromatic carbocycles. The van der Waals surface area contributed by atoms with Crippen LogP contribution in [-0.2, 0) is 9.53 Å². The van der Waals surface area contributed by atoms with Gasteiger partial charge in [-0.1, -0.05) is 24.3 Å². The Kier molecular flexibility index (Phi) is 5.12. The fraction of sp³-hybridized carbons (Fsp3) is 0.150. The molecule has 0 unspecified atom stereocenters. The van der Waals surface area contributed by atoms with Crippen LogP contribution in [0.1, 0.15) is 10.5 Å². The number of nitrogens with one attached hydrogen (secondary N) is 1. The first-order chi connectivity index (χ1) is 12.5. The van der Waals surface area contributed by atoms with Crippen molar-refractivity contribution in [2.24, 2.45) is 0 Å². The van der Waals surface area contributed by atoms with Gasteiger partial charge in [-0.2, -0.15) is 0 Å². The van der Waals surface area contributed by atoms with Gasteiger partial charge in [-0.15, -0.1) is 0 Å². The second kappa shape index (κ2) is 7.65. The van der Waals surface area contributed by atoms with Crippen LogP contribution in [-0.4, -0.2) is 37.6 Å². The molecule has 0 aliphatic carbocycles. The van der Waals surface area contributed by atoms with Gasteiger partial charge in [0.25, 0.3) is 5.91 Å². The number of para-hydroxylation sites is 1. The van der Waals surface area contributed by atoms with Crippen molar-refractivity contribution in [1.29, 1.82) is 0 Å². The largest absolute Gasteiger partial charge is 0.451 e. The number of ether oxygens (including phenoxy) is 1. The van der Waals surface area contributed by atoms with Crippen molar-refractivity contribution in [2.45, 2.75) is 0 Å². The SMILES string of the molecule is CN(C)c1ccc(NC(=O)COC(=O)c2ccc3ccccc3n2)cc1. The summed E-state index contributed by atoms with van der Waals surface area (Å²) in [6, 6.07) is 18.2. The number of rotatable bonds is 5. The van der Waals surface area contributed by atoms with E-state index in [4.69, 9.17) is 4.74 Å². The molecule has 0 radical (unpaired) electrons. The van der Waals surface area contributed by atoms with Crippen LogP contribution in [0.5, 0.6) is 0 Å². The monoisotopic (exact) mass is 349 g/mol. The normalized spacial score (nSPS) is 10.4. The third-order valence-electron chi connectivity index (χ3n) is 3.81. The average Bonchev–Trinajstić information content (AvgIpc) is 2.66. The Morgan fingerprint density at radius 1 is 1.00 bits per heavy atom. The molecule has 6 nitrogen and oxygen atoms in total. The zero-order valence-electron chi connectivity index (χ0n) is 14.6. The minimum absolute atomic E-state index is 0.173. The summed E-state index contributed by atoms with van der Waals surface area (Å²) in [5.41, 5.74) is 2.54. The summed E-state index contributed by atoms with van der Waals surface area (Å²) in [7, 11) is 3.88. The van der Waals surface area contributed by atoms with E-state index in [1.165, 1.54) is 0 Å². The third-order valence-corrected chi connectivity index (χ3v) is 3.81. The van der Waals surface area contributed by atoms with E-state index in [0.717, 1.165) is 11.1 Å². The van der Waals surface area contributed by atoms with Crippen LogP contribution in [0.4, 0.5) is 11.4 Å². The number of fused-ring (bicyclic) bond motifs is 1. The number of hydrogen-bond acceptors (Lipinski definition) is 5. The molecule has 1 amide bonds. The van der Waals surface area contributed by atoms with E-state index in [0.29, 0.717) is 11.2 Å². The van der Waals surface area contributed by atoms with Crippen molar-refractivity contribution in [3.63, 3.8) is 0 Å². The summed E-state index contributed by atoms with van der Waals surface area (Å²) >= 11 is 0. The van der Waals surface area contributed by atoms with E-state index >= 15 is 0 Å². The van der Waals surface area contributed by atoms with Gasteiger partial charge in [0.2, 0.25) is 0 Å². The van der Waals surface area contributed by atoms with Gasteiger partial charge in [0, 0.05) is 30.9 Å². The zero-order valence-corrected chi connectivity index (χ0v) is 14.6. The highest BCUT2D eigenvalue weighted by Gasteiger charge is 2.12. The summed E-state index contributed by atoms with van der Waals surface area (Å²) < 4.78 is 5.05. The van der Waals surface area contributed by atoms with Gasteiger partial charge < -0.3 is 15.0 Å². The minimum Gasteiger partial charge on any atom is -0.451 e. The molecule has 1 aromatic heterocycles. The molecule has 1 N–H and O–H groups in total. The molecule has 0 saturated heterocycles. The van der Waals surface area contributed by atoms with Crippen molar-refractivity contribution in [2.75, 3.05) is 30.9 Å². The minimum atomic E-state index is -0.631. The molecule has 0 atom stereocenters. The molecule has 0 aliphatic heterocycles. The second-order valence-corrected chi connectivity index (χ2v) is 5.95. The van der Waals surface area contributed by atoms with E-state index in [9.17, 15) is 9.59 Å². The van der Waals surface area contributed by atoms with Crippen molar-refractivity contribution in [1.82, 2.24) is 4.98 Å². The molecule has 3 aromatic rings. The number of carbonyl (C=O) groups is 2. The lowest BCUT2D eigenvalue weighted by molar-refractivity contribution is -0.119. The molecule has 0 saturated carbocycles. The third kappa shape index (κ3) is 4.16. The first kappa shape index (κ1) is 17.4. The number of aromatic nitrogens is 1. The molecule has 3 rings (SSSR count). The summed E-state index contributed by atoms with van der Waals surface area (Å²) in [5, 5.41) is 3.62. The maximum absolute atomic E-state index is 12.1. The van der Waals surface area contributed by atoms with Crippen LogP contribution >= 0.6 is 0 Å². The van der Waals surface area contributed by atoms with E-state index in [1.54, 1.807) is 24.3 Å². The standard InChI is InChI=1S/C20H19N3O3/c1-23(2)16-10-8-15(9-11-16)21-19(24)13-26-20(25)18-12-7-14-5-3-4-6-17(14)22-18/h3-12H,13H2,1-2H3,(H,21,24). The van der Waals surface area contributed by atoms with E-state index in [1.807, 2.05) is 55.4 Å². The average molecular weight is 349 g/mol. The summed E-state index contributed by atoms with van der Waals surface area (Å²) in [6.07, 6.45) is 0. The molecule has 26 heavy (non-hydrogen) atoms. The van der Waals surface area contributed by atoms with Gasteiger partial charge in [0.15, 0.2) is 6.61 Å². The van der Waals surface area contributed by atoms with E-state index < -0.39 is 11.9 Å². The van der Waals surface area contributed by atoms with Crippen molar-refractivity contribution < 1.29 is 14.3 Å². The highest BCUT2D eigenvalue weighted by atomic mass is 16.5. The number of benzene rings is 2. The highest BCUT2D eigenvalue weighted by molar-refractivity contribution is 5.95. The summed E-state index contributed by atoms with van der Waals surface area (Å²) in [4.78, 5) is 30.3. The number of pyridine rings is 1. The summed E-state index contributed by atoms with van der Waals surface area (Å²) in [5.74, 6) is -1.04. The predicted octanol–water partition coefficient (Wildman–Crippen LogP) is 3.10. The lowest BCUT2D eigenvalue weighted by atomic mass is 10.2. The van der Waals surface area contributed by atoms with Crippen LogP contribution in [0.3, 0.4) is 0 Å². The summed E-state index contributed by atoms with van der Waals surface area (Å²) in [6.45, 7) is -0.372. The molecular weight excluding hydrogens is 330 g/mol. The Hall–Kier alpha value is -3.41. The van der Waals surface area contributed by atoms with Crippen LogP contribution < -0.4 is 10.2 Å². The molecular formula is C20H19N3O3. The number of carbonyl (C=O) groups excluding carboxylic acids is 2. The first-order valence-corrected chi connectivity index (χ1v) is 8.13. The fourth-order valence-electron chi connectivity index (χ4n) is 2.42. The van der Waals surface area contributed by atoms with Crippen molar-refractivity contribution in [3.8, 4) is 0 Å². The molecule has 1 heterocycles. The maximum atomic E-state index is 12.1. The molecule has 0 spiro atoms. The van der Waals surface area contributed by atoms with Crippen LogP contribution in [0.15, 0.2) is 60.7 Å². The molecule has 6 heteroatoms. The first-order valence-electron chi connectivity index (χ1n) is 8.13. The van der Waals surface area contributed by atoms with Gasteiger partial charge >= 0.3 is 5.97 Å². The Bertz CT molecular complexity index is 936. The Balaban J connectivity index is 1.57. The Morgan fingerprint density at radius 2 is 1.73 bits per heavy atom. The number of amides is 1. The fourth-order valence-corrected chi connectivity index (χ4v) is 2.42. The topological polar surface area (TPSA) is 71.5 Å². The van der Waals surface area contributed by atoms with E-state index in [-0.39, 0.29) is 12.3 Å². The van der Waals surface area contributed by atoms with Crippen LogP contribution in [0, 0.1) is 0 Å². The quantitative estimate of drug-likeness (QED) is 0.717. The van der Waals surface area contributed by atoms with Crippen LogP contribution in [0.25, 0.3) is 10.9 Å². The molecule has 132 valence electrons. The lowest BCUT2D eigenvalue weighted by Crippen LogP contribution is -2.21. The molecule has 0 aliphatic rings. The second-order valence-electron chi connectivity index (χ2n) is 5.95. The van der Waals surface area contributed by atoms with Gasteiger partial charge in [-0.25, -0.2) is 9.78 Å². The molecule has 0 fully saturated rings. The molecule has 0 bridgehead atoms. The van der Waals surface area contributed by atoms with Crippen molar-refractivity contribution >= 4 is 34.2 Å². The van der Waals surface area contributed by atoms with Gasteiger partial charge in [-0.3, -0.25) is 4.79 Å². The predicted molar refractivity (Wildman–Crippen MR) is 101 cm³/mol. The smallest absolute Gasteiger partial charge is 0.357 e. The van der Waals surface area contributed by atoms with Crippen molar-refractivity contribution in [3.05, 3.63) is 66.4 Å². The number of nitrogens with zero attached hydrogens (tertiary/aromatic N) is 2.